The molecule has 0 spiro atoms. The van der Waals surface area contributed by atoms with Gasteiger partial charge in [0, 0.05) is 11.6 Å². The molecule has 1 aromatic carbocycles. The van der Waals surface area contributed by atoms with Crippen molar-refractivity contribution in [3.63, 3.8) is 0 Å². The third-order valence-electron chi connectivity index (χ3n) is 4.44. The SMILES string of the molecule is CCOc1ccc(Cl)cc1CCNC(=O)C1CCCCC1C(=O)O. The Morgan fingerprint density at radius 2 is 2.00 bits per heavy atom. The summed E-state index contributed by atoms with van der Waals surface area (Å²) in [6.07, 6.45) is 3.60. The number of hydrogen-bond acceptors (Lipinski definition) is 3. The number of benzene rings is 1. The minimum absolute atomic E-state index is 0.165. The van der Waals surface area contributed by atoms with Crippen LogP contribution in [0.5, 0.6) is 5.75 Å². The first-order chi connectivity index (χ1) is 11.5. The smallest absolute Gasteiger partial charge is 0.307 e. The zero-order chi connectivity index (χ0) is 17.5. The van der Waals surface area contributed by atoms with Gasteiger partial charge in [-0.15, -0.1) is 0 Å². The molecular formula is C18H24ClNO4. The van der Waals surface area contributed by atoms with Crippen molar-refractivity contribution >= 4 is 23.5 Å². The number of nitrogens with one attached hydrogen (secondary N) is 1. The lowest BCUT2D eigenvalue weighted by atomic mass is 9.78. The quantitative estimate of drug-likeness (QED) is 0.788. The number of aliphatic carboxylic acids is 1. The van der Waals surface area contributed by atoms with Crippen molar-refractivity contribution in [3.05, 3.63) is 28.8 Å². The fourth-order valence-electron chi connectivity index (χ4n) is 3.23. The highest BCUT2D eigenvalue weighted by molar-refractivity contribution is 6.30. The van der Waals surface area contributed by atoms with Crippen LogP contribution in [0.25, 0.3) is 0 Å². The van der Waals surface area contributed by atoms with Gasteiger partial charge in [0.25, 0.3) is 0 Å². The van der Waals surface area contributed by atoms with Gasteiger partial charge >= 0.3 is 5.97 Å². The van der Waals surface area contributed by atoms with Gasteiger partial charge in [-0.2, -0.15) is 0 Å². The van der Waals surface area contributed by atoms with Crippen LogP contribution in [-0.4, -0.2) is 30.1 Å². The summed E-state index contributed by atoms with van der Waals surface area (Å²) in [7, 11) is 0. The van der Waals surface area contributed by atoms with Gasteiger partial charge in [0.1, 0.15) is 5.75 Å². The molecule has 1 fully saturated rings. The number of hydrogen-bond donors (Lipinski definition) is 2. The number of rotatable bonds is 7. The predicted molar refractivity (Wildman–Crippen MR) is 92.4 cm³/mol. The van der Waals surface area contributed by atoms with Crippen LogP contribution in [0.15, 0.2) is 18.2 Å². The summed E-state index contributed by atoms with van der Waals surface area (Å²) in [5.74, 6) is -1.27. The fraction of sp³-hybridized carbons (Fsp3) is 0.556. The van der Waals surface area contributed by atoms with Gasteiger partial charge in [-0.25, -0.2) is 0 Å². The molecule has 0 radical (unpaired) electrons. The molecule has 0 aromatic heterocycles. The number of carboxylic acid groups (broad SMARTS) is 1. The van der Waals surface area contributed by atoms with Crippen LogP contribution in [0, 0.1) is 11.8 Å². The van der Waals surface area contributed by atoms with Crippen LogP contribution in [-0.2, 0) is 16.0 Å². The molecule has 0 heterocycles. The maximum Gasteiger partial charge on any atom is 0.307 e. The monoisotopic (exact) mass is 353 g/mol. The van der Waals surface area contributed by atoms with Gasteiger partial charge in [-0.05, 0) is 49.9 Å². The Labute approximate surface area is 147 Å². The van der Waals surface area contributed by atoms with Crippen molar-refractivity contribution in [2.45, 2.75) is 39.0 Å². The molecular weight excluding hydrogens is 330 g/mol. The van der Waals surface area contributed by atoms with Crippen molar-refractivity contribution in [1.82, 2.24) is 5.32 Å². The molecule has 24 heavy (non-hydrogen) atoms. The third-order valence-corrected chi connectivity index (χ3v) is 4.67. The first-order valence-corrected chi connectivity index (χ1v) is 8.82. The maximum atomic E-state index is 12.3. The lowest BCUT2D eigenvalue weighted by Crippen LogP contribution is -2.40. The molecule has 2 atom stereocenters. The predicted octanol–water partition coefficient (Wildman–Crippen LogP) is 3.29. The van der Waals surface area contributed by atoms with Crippen LogP contribution in [0.2, 0.25) is 5.02 Å². The first kappa shape index (κ1) is 18.6. The van der Waals surface area contributed by atoms with Crippen molar-refractivity contribution in [2.75, 3.05) is 13.2 Å². The van der Waals surface area contributed by atoms with E-state index in [0.717, 1.165) is 24.2 Å². The number of ether oxygens (including phenoxy) is 1. The average molecular weight is 354 g/mol. The summed E-state index contributed by atoms with van der Waals surface area (Å²) < 4.78 is 5.57. The highest BCUT2D eigenvalue weighted by atomic mass is 35.5. The Kier molecular flexibility index (Phi) is 6.91. The Morgan fingerprint density at radius 1 is 1.29 bits per heavy atom. The Bertz CT molecular complexity index is 590. The maximum absolute atomic E-state index is 12.3. The van der Waals surface area contributed by atoms with Crippen LogP contribution in [0.1, 0.15) is 38.2 Å². The van der Waals surface area contributed by atoms with Crippen LogP contribution >= 0.6 is 11.6 Å². The molecule has 0 aliphatic heterocycles. The number of halogens is 1. The van der Waals surface area contributed by atoms with E-state index in [2.05, 4.69) is 5.32 Å². The van der Waals surface area contributed by atoms with Gasteiger partial charge in [-0.3, -0.25) is 9.59 Å². The highest BCUT2D eigenvalue weighted by Gasteiger charge is 2.35. The average Bonchev–Trinajstić information content (AvgIpc) is 2.57. The number of amides is 1. The summed E-state index contributed by atoms with van der Waals surface area (Å²) in [6.45, 7) is 2.90. The second-order valence-corrected chi connectivity index (χ2v) is 6.50. The van der Waals surface area contributed by atoms with E-state index in [4.69, 9.17) is 16.3 Å². The Morgan fingerprint density at radius 3 is 2.67 bits per heavy atom. The van der Waals surface area contributed by atoms with E-state index in [1.54, 1.807) is 6.07 Å². The molecule has 5 nitrogen and oxygen atoms in total. The molecule has 1 aromatic rings. The molecule has 2 rings (SSSR count). The zero-order valence-electron chi connectivity index (χ0n) is 13.9. The van der Waals surface area contributed by atoms with Gasteiger partial charge < -0.3 is 15.2 Å². The molecule has 1 aliphatic rings. The van der Waals surface area contributed by atoms with Crippen molar-refractivity contribution in [3.8, 4) is 5.75 Å². The van der Waals surface area contributed by atoms with Crippen LogP contribution < -0.4 is 10.1 Å². The topological polar surface area (TPSA) is 75.6 Å². The largest absolute Gasteiger partial charge is 0.494 e. The molecule has 2 N–H and O–H groups in total. The molecule has 6 heteroatoms. The highest BCUT2D eigenvalue weighted by Crippen LogP contribution is 2.30. The van der Waals surface area contributed by atoms with E-state index >= 15 is 0 Å². The first-order valence-electron chi connectivity index (χ1n) is 8.44. The van der Waals surface area contributed by atoms with Gasteiger partial charge in [-0.1, -0.05) is 24.4 Å². The summed E-state index contributed by atoms with van der Waals surface area (Å²) >= 11 is 6.03. The third kappa shape index (κ3) is 4.87. The van der Waals surface area contributed by atoms with E-state index in [9.17, 15) is 14.7 Å². The van der Waals surface area contributed by atoms with Crippen molar-refractivity contribution in [2.24, 2.45) is 11.8 Å². The number of carboxylic acids is 1. The zero-order valence-corrected chi connectivity index (χ0v) is 14.6. The Balaban J connectivity index is 1.92. The molecule has 1 aliphatic carbocycles. The molecule has 1 amide bonds. The molecule has 2 unspecified atom stereocenters. The van der Waals surface area contributed by atoms with E-state index in [0.29, 0.717) is 37.4 Å². The van der Waals surface area contributed by atoms with Crippen LogP contribution in [0.4, 0.5) is 0 Å². The molecule has 132 valence electrons. The van der Waals surface area contributed by atoms with E-state index < -0.39 is 17.8 Å². The van der Waals surface area contributed by atoms with E-state index in [-0.39, 0.29) is 5.91 Å². The fourth-order valence-corrected chi connectivity index (χ4v) is 3.43. The van der Waals surface area contributed by atoms with E-state index in [1.807, 2.05) is 19.1 Å². The second kappa shape index (κ2) is 8.92. The van der Waals surface area contributed by atoms with Crippen LogP contribution in [0.3, 0.4) is 0 Å². The lowest BCUT2D eigenvalue weighted by Gasteiger charge is -2.27. The second-order valence-electron chi connectivity index (χ2n) is 6.06. The van der Waals surface area contributed by atoms with Gasteiger partial charge in [0.2, 0.25) is 5.91 Å². The normalized spacial score (nSPS) is 20.4. The molecule has 1 saturated carbocycles. The van der Waals surface area contributed by atoms with E-state index in [1.165, 1.54) is 0 Å². The Hall–Kier alpha value is -1.75. The minimum Gasteiger partial charge on any atom is -0.494 e. The molecule has 0 bridgehead atoms. The molecule has 0 saturated heterocycles. The lowest BCUT2D eigenvalue weighted by molar-refractivity contribution is -0.148. The summed E-state index contributed by atoms with van der Waals surface area (Å²) in [6, 6.07) is 5.43. The van der Waals surface area contributed by atoms with Crippen molar-refractivity contribution < 1.29 is 19.4 Å². The summed E-state index contributed by atoms with van der Waals surface area (Å²) in [4.78, 5) is 23.7. The minimum atomic E-state index is -0.872. The summed E-state index contributed by atoms with van der Waals surface area (Å²) in [5, 5.41) is 12.8. The number of carbonyl (C=O) groups is 2. The van der Waals surface area contributed by atoms with Gasteiger partial charge in [0.15, 0.2) is 0 Å². The van der Waals surface area contributed by atoms with Gasteiger partial charge in [0.05, 0.1) is 18.4 Å². The summed E-state index contributed by atoms with van der Waals surface area (Å²) in [5.41, 5.74) is 0.933. The standard InChI is InChI=1S/C18H24ClNO4/c1-2-24-16-8-7-13(19)11-12(16)9-10-20-17(21)14-5-3-4-6-15(14)18(22)23/h7-8,11,14-15H,2-6,9-10H2,1H3,(H,20,21)(H,22,23). The van der Waals surface area contributed by atoms with Crippen molar-refractivity contribution in [1.29, 1.82) is 0 Å². The number of carbonyl (C=O) groups excluding carboxylic acids is 1.